The molecular formula is C11H11BrN2O3. The van der Waals surface area contributed by atoms with Gasteiger partial charge < -0.3 is 9.47 Å². The average molecular weight is 299 g/mol. The highest BCUT2D eigenvalue weighted by Gasteiger charge is 2.16. The Balaban J connectivity index is 2.52. The summed E-state index contributed by atoms with van der Waals surface area (Å²) >= 11 is 3.16. The zero-order valence-electron chi connectivity index (χ0n) is 9.22. The van der Waals surface area contributed by atoms with Gasteiger partial charge in [-0.05, 0) is 35.0 Å². The van der Waals surface area contributed by atoms with Crippen molar-refractivity contribution in [1.29, 1.82) is 0 Å². The van der Waals surface area contributed by atoms with Gasteiger partial charge in [-0.2, -0.15) is 4.68 Å². The van der Waals surface area contributed by atoms with E-state index < -0.39 is 6.09 Å². The summed E-state index contributed by atoms with van der Waals surface area (Å²) < 4.78 is 11.4. The minimum absolute atomic E-state index is 0.307. The molecule has 0 aliphatic carbocycles. The van der Waals surface area contributed by atoms with Gasteiger partial charge in [-0.15, -0.1) is 5.10 Å². The van der Waals surface area contributed by atoms with Gasteiger partial charge in [0.2, 0.25) is 5.88 Å². The zero-order valence-corrected chi connectivity index (χ0v) is 10.8. The van der Waals surface area contributed by atoms with Gasteiger partial charge in [0.1, 0.15) is 5.52 Å². The summed E-state index contributed by atoms with van der Waals surface area (Å²) in [5, 5.41) is 4.87. The molecule has 1 aromatic carbocycles. The van der Waals surface area contributed by atoms with E-state index in [1.54, 1.807) is 13.0 Å². The molecule has 0 radical (unpaired) electrons. The molecule has 0 saturated heterocycles. The lowest BCUT2D eigenvalue weighted by Gasteiger charge is -2.01. The number of ether oxygens (including phenoxy) is 2. The number of benzene rings is 1. The molecule has 2 aromatic rings. The fourth-order valence-electron chi connectivity index (χ4n) is 1.52. The lowest BCUT2D eigenvalue weighted by Crippen LogP contribution is -2.14. The minimum atomic E-state index is -0.506. The molecule has 0 unspecified atom stereocenters. The van der Waals surface area contributed by atoms with Crippen molar-refractivity contribution in [3.8, 4) is 5.88 Å². The van der Waals surface area contributed by atoms with Gasteiger partial charge in [-0.3, -0.25) is 0 Å². The van der Waals surface area contributed by atoms with Crippen molar-refractivity contribution in [3.63, 3.8) is 0 Å². The van der Waals surface area contributed by atoms with Gasteiger partial charge in [0.05, 0.1) is 17.5 Å². The van der Waals surface area contributed by atoms with E-state index in [9.17, 15) is 4.79 Å². The van der Waals surface area contributed by atoms with Crippen LogP contribution in [0.2, 0.25) is 0 Å². The third-order valence-corrected chi connectivity index (χ3v) is 2.41. The fraction of sp³-hybridized carbons (Fsp3) is 0.273. The largest absolute Gasteiger partial charge is 0.465 e. The van der Waals surface area contributed by atoms with E-state index in [1.165, 1.54) is 4.68 Å². The van der Waals surface area contributed by atoms with E-state index in [2.05, 4.69) is 21.0 Å². The molecule has 17 heavy (non-hydrogen) atoms. The first-order valence-corrected chi connectivity index (χ1v) is 6.23. The summed E-state index contributed by atoms with van der Waals surface area (Å²) in [4.78, 5) is 11.7. The van der Waals surface area contributed by atoms with Crippen LogP contribution in [-0.4, -0.2) is 28.0 Å². The van der Waals surface area contributed by atoms with Crippen molar-refractivity contribution in [2.24, 2.45) is 0 Å². The molecule has 5 nitrogen and oxygen atoms in total. The predicted molar refractivity (Wildman–Crippen MR) is 66.6 cm³/mol. The zero-order chi connectivity index (χ0) is 12.3. The van der Waals surface area contributed by atoms with Gasteiger partial charge in [-0.1, -0.05) is 12.1 Å². The third kappa shape index (κ3) is 2.26. The molecule has 0 bridgehead atoms. The van der Waals surface area contributed by atoms with Crippen LogP contribution in [0.25, 0.3) is 10.9 Å². The normalized spacial score (nSPS) is 10.5. The second-order valence-electron chi connectivity index (χ2n) is 3.19. The molecule has 1 heterocycles. The van der Waals surface area contributed by atoms with Crippen LogP contribution in [0.5, 0.6) is 5.88 Å². The molecule has 2 rings (SSSR count). The Kier molecular flexibility index (Phi) is 3.63. The van der Waals surface area contributed by atoms with Crippen LogP contribution in [0.15, 0.2) is 24.3 Å². The molecular weight excluding hydrogens is 288 g/mol. The summed E-state index contributed by atoms with van der Waals surface area (Å²) in [6, 6.07) is 7.33. The number of alkyl halides is 1. The van der Waals surface area contributed by atoms with Crippen LogP contribution in [0.4, 0.5) is 4.79 Å². The van der Waals surface area contributed by atoms with E-state index in [0.717, 1.165) is 5.39 Å². The summed E-state index contributed by atoms with van der Waals surface area (Å²) in [6.07, 6.45) is -0.506. The van der Waals surface area contributed by atoms with Crippen molar-refractivity contribution in [3.05, 3.63) is 24.3 Å². The number of fused-ring (bicyclic) bond motifs is 1. The first-order chi connectivity index (χ1) is 8.27. The Labute approximate surface area is 106 Å². The van der Waals surface area contributed by atoms with Gasteiger partial charge in [0, 0.05) is 0 Å². The molecule has 0 N–H and O–H groups in total. The van der Waals surface area contributed by atoms with Crippen molar-refractivity contribution >= 4 is 32.9 Å². The minimum Gasteiger partial charge on any atom is -0.465 e. The number of carbonyl (C=O) groups excluding carboxylic acids is 1. The first kappa shape index (κ1) is 11.9. The van der Waals surface area contributed by atoms with Gasteiger partial charge in [0.25, 0.3) is 0 Å². The smallest absolute Gasteiger partial charge is 0.435 e. The maximum atomic E-state index is 11.7. The Bertz CT molecular complexity index is 538. The van der Waals surface area contributed by atoms with Crippen molar-refractivity contribution in [1.82, 2.24) is 9.78 Å². The molecule has 0 aliphatic rings. The molecule has 0 fully saturated rings. The Morgan fingerprint density at radius 2 is 2.24 bits per heavy atom. The number of halogens is 1. The molecule has 6 heteroatoms. The lowest BCUT2D eigenvalue weighted by molar-refractivity contribution is 0.151. The van der Waals surface area contributed by atoms with Crippen LogP contribution < -0.4 is 4.74 Å². The highest BCUT2D eigenvalue weighted by molar-refractivity contribution is 9.09. The number of para-hydroxylation sites is 1. The van der Waals surface area contributed by atoms with E-state index >= 15 is 0 Å². The number of nitrogens with zero attached hydrogens (tertiary/aromatic N) is 2. The molecule has 1 aromatic heterocycles. The molecule has 0 amide bonds. The molecule has 90 valence electrons. The van der Waals surface area contributed by atoms with Gasteiger partial charge >= 0.3 is 6.09 Å². The second-order valence-corrected chi connectivity index (χ2v) is 3.64. The van der Waals surface area contributed by atoms with E-state index in [1.807, 2.05) is 18.2 Å². The molecule has 0 saturated carbocycles. The summed E-state index contributed by atoms with van der Waals surface area (Å²) in [5.41, 5.74) is 0.985. The van der Waals surface area contributed by atoms with E-state index in [4.69, 9.17) is 9.47 Å². The topological polar surface area (TPSA) is 53.4 Å². The van der Waals surface area contributed by atoms with Gasteiger partial charge in [-0.25, -0.2) is 4.79 Å². The third-order valence-electron chi connectivity index (χ3n) is 2.19. The number of hydrogen-bond acceptors (Lipinski definition) is 4. The summed E-state index contributed by atoms with van der Waals surface area (Å²) in [7, 11) is 0. The highest BCUT2D eigenvalue weighted by Crippen LogP contribution is 2.25. The number of aromatic nitrogens is 2. The molecule has 0 spiro atoms. The standard InChI is InChI=1S/C11H11BrN2O3/c1-2-16-11(15)14-9-6-4-3-5-8(9)10(13-14)17-7-12/h3-6H,2,7H2,1H3. The quantitative estimate of drug-likeness (QED) is 0.818. The maximum absolute atomic E-state index is 11.7. The Hall–Kier alpha value is -1.56. The predicted octanol–water partition coefficient (Wildman–Crippen LogP) is 2.77. The summed E-state index contributed by atoms with van der Waals surface area (Å²) in [6.45, 7) is 2.06. The van der Waals surface area contributed by atoms with Crippen LogP contribution in [0.3, 0.4) is 0 Å². The van der Waals surface area contributed by atoms with E-state index in [-0.39, 0.29) is 0 Å². The number of rotatable bonds is 3. The van der Waals surface area contributed by atoms with Crippen molar-refractivity contribution < 1.29 is 14.3 Å². The Morgan fingerprint density at radius 3 is 2.94 bits per heavy atom. The van der Waals surface area contributed by atoms with Crippen LogP contribution >= 0.6 is 15.9 Å². The van der Waals surface area contributed by atoms with Crippen LogP contribution in [0, 0.1) is 0 Å². The second kappa shape index (κ2) is 5.18. The SMILES string of the molecule is CCOC(=O)n1nc(OCBr)c2ccccc21. The molecule has 0 atom stereocenters. The lowest BCUT2D eigenvalue weighted by atomic mass is 10.2. The number of hydrogen-bond donors (Lipinski definition) is 0. The van der Waals surface area contributed by atoms with Crippen molar-refractivity contribution in [2.75, 3.05) is 12.1 Å². The first-order valence-electron chi connectivity index (χ1n) is 5.11. The Morgan fingerprint density at radius 1 is 1.47 bits per heavy atom. The molecule has 0 aliphatic heterocycles. The number of carbonyl (C=O) groups is 1. The highest BCUT2D eigenvalue weighted by atomic mass is 79.9. The maximum Gasteiger partial charge on any atom is 0.435 e. The van der Waals surface area contributed by atoms with E-state index in [0.29, 0.717) is 23.5 Å². The van der Waals surface area contributed by atoms with Crippen LogP contribution in [-0.2, 0) is 4.74 Å². The average Bonchev–Trinajstić information content (AvgIpc) is 2.70. The van der Waals surface area contributed by atoms with Gasteiger partial charge in [0.15, 0.2) is 0 Å². The summed E-state index contributed by atoms with van der Waals surface area (Å²) in [5.74, 6) is 0.408. The fourth-order valence-corrected chi connectivity index (χ4v) is 1.74. The monoisotopic (exact) mass is 298 g/mol. The van der Waals surface area contributed by atoms with Crippen LogP contribution in [0.1, 0.15) is 6.92 Å². The van der Waals surface area contributed by atoms with Crippen molar-refractivity contribution in [2.45, 2.75) is 6.92 Å².